The van der Waals surface area contributed by atoms with Crippen LogP contribution in [0.4, 0.5) is 5.69 Å². The zero-order chi connectivity index (χ0) is 14.7. The SMILES string of the molecule is Cc1ccc(C)c(CNc2ccc(-c3nccs3)cc2)c1. The standard InChI is InChI=1S/C18H18N2S/c1-13-3-4-14(2)16(11-13)12-20-17-7-5-15(6-8-17)18-19-9-10-21-18/h3-11,20H,12H2,1-2H3. The van der Waals surface area contributed by atoms with E-state index in [4.69, 9.17) is 0 Å². The van der Waals surface area contributed by atoms with Crippen LogP contribution in [-0.4, -0.2) is 4.98 Å². The average Bonchev–Trinajstić information content (AvgIpc) is 3.03. The third-order valence-electron chi connectivity index (χ3n) is 3.55. The van der Waals surface area contributed by atoms with E-state index < -0.39 is 0 Å². The molecule has 0 saturated carbocycles. The number of rotatable bonds is 4. The molecule has 0 spiro atoms. The smallest absolute Gasteiger partial charge is 0.123 e. The summed E-state index contributed by atoms with van der Waals surface area (Å²) in [4.78, 5) is 4.33. The zero-order valence-electron chi connectivity index (χ0n) is 12.3. The van der Waals surface area contributed by atoms with Crippen molar-refractivity contribution in [1.82, 2.24) is 4.98 Å². The molecule has 0 aliphatic carbocycles. The van der Waals surface area contributed by atoms with Crippen molar-refractivity contribution in [3.8, 4) is 10.6 Å². The van der Waals surface area contributed by atoms with E-state index in [2.05, 4.69) is 66.6 Å². The van der Waals surface area contributed by atoms with Crippen molar-refractivity contribution in [3.63, 3.8) is 0 Å². The molecular weight excluding hydrogens is 276 g/mol. The number of thiazole rings is 1. The molecule has 0 radical (unpaired) electrons. The van der Waals surface area contributed by atoms with Gasteiger partial charge in [-0.15, -0.1) is 11.3 Å². The quantitative estimate of drug-likeness (QED) is 0.729. The highest BCUT2D eigenvalue weighted by Crippen LogP contribution is 2.23. The van der Waals surface area contributed by atoms with Gasteiger partial charge in [0, 0.05) is 29.4 Å². The second-order valence-electron chi connectivity index (χ2n) is 5.20. The van der Waals surface area contributed by atoms with Gasteiger partial charge in [-0.2, -0.15) is 0 Å². The van der Waals surface area contributed by atoms with E-state index in [1.807, 2.05) is 11.6 Å². The van der Waals surface area contributed by atoms with Gasteiger partial charge in [0.1, 0.15) is 5.01 Å². The van der Waals surface area contributed by atoms with Crippen molar-refractivity contribution in [2.75, 3.05) is 5.32 Å². The molecule has 0 unspecified atom stereocenters. The lowest BCUT2D eigenvalue weighted by Gasteiger charge is -2.10. The van der Waals surface area contributed by atoms with E-state index >= 15 is 0 Å². The number of nitrogens with zero attached hydrogens (tertiary/aromatic N) is 1. The first-order valence-electron chi connectivity index (χ1n) is 7.02. The molecule has 3 rings (SSSR count). The topological polar surface area (TPSA) is 24.9 Å². The first-order valence-corrected chi connectivity index (χ1v) is 7.90. The fourth-order valence-electron chi connectivity index (χ4n) is 2.28. The van der Waals surface area contributed by atoms with Gasteiger partial charge in [-0.3, -0.25) is 0 Å². The molecule has 0 aliphatic heterocycles. The van der Waals surface area contributed by atoms with E-state index in [0.717, 1.165) is 17.2 Å². The van der Waals surface area contributed by atoms with E-state index in [1.54, 1.807) is 11.3 Å². The summed E-state index contributed by atoms with van der Waals surface area (Å²) in [6, 6.07) is 15.0. The van der Waals surface area contributed by atoms with Gasteiger partial charge >= 0.3 is 0 Å². The van der Waals surface area contributed by atoms with Crippen molar-refractivity contribution in [2.24, 2.45) is 0 Å². The molecule has 3 heteroatoms. The van der Waals surface area contributed by atoms with Crippen LogP contribution in [0, 0.1) is 13.8 Å². The number of benzene rings is 2. The maximum atomic E-state index is 4.33. The maximum Gasteiger partial charge on any atom is 0.123 e. The van der Waals surface area contributed by atoms with Gasteiger partial charge in [-0.25, -0.2) is 4.98 Å². The Morgan fingerprint density at radius 1 is 1.05 bits per heavy atom. The summed E-state index contributed by atoms with van der Waals surface area (Å²) < 4.78 is 0. The monoisotopic (exact) mass is 294 g/mol. The van der Waals surface area contributed by atoms with Crippen LogP contribution in [0.3, 0.4) is 0 Å². The van der Waals surface area contributed by atoms with Gasteiger partial charge in [0.15, 0.2) is 0 Å². The number of nitrogens with one attached hydrogen (secondary N) is 1. The summed E-state index contributed by atoms with van der Waals surface area (Å²) >= 11 is 1.66. The molecule has 106 valence electrons. The van der Waals surface area contributed by atoms with Gasteiger partial charge in [0.05, 0.1) is 0 Å². The second kappa shape index (κ2) is 6.10. The van der Waals surface area contributed by atoms with Crippen molar-refractivity contribution in [1.29, 1.82) is 0 Å². The van der Waals surface area contributed by atoms with Crippen LogP contribution in [0.1, 0.15) is 16.7 Å². The predicted octanol–water partition coefficient (Wildman–Crippen LogP) is 5.04. The Balaban J connectivity index is 1.70. The van der Waals surface area contributed by atoms with E-state index in [-0.39, 0.29) is 0 Å². The van der Waals surface area contributed by atoms with Crippen LogP contribution >= 0.6 is 11.3 Å². The lowest BCUT2D eigenvalue weighted by molar-refractivity contribution is 1.11. The number of aryl methyl sites for hydroxylation is 2. The minimum Gasteiger partial charge on any atom is -0.381 e. The molecule has 1 heterocycles. The highest BCUT2D eigenvalue weighted by molar-refractivity contribution is 7.13. The van der Waals surface area contributed by atoms with Crippen LogP contribution in [0.25, 0.3) is 10.6 Å². The van der Waals surface area contributed by atoms with Gasteiger partial charge in [0.2, 0.25) is 0 Å². The third-order valence-corrected chi connectivity index (χ3v) is 4.37. The van der Waals surface area contributed by atoms with Gasteiger partial charge < -0.3 is 5.32 Å². The summed E-state index contributed by atoms with van der Waals surface area (Å²) in [6.45, 7) is 5.14. The van der Waals surface area contributed by atoms with Crippen LogP contribution in [0.2, 0.25) is 0 Å². The Morgan fingerprint density at radius 2 is 1.86 bits per heavy atom. The molecule has 0 atom stereocenters. The van der Waals surface area contributed by atoms with Crippen LogP contribution < -0.4 is 5.32 Å². The zero-order valence-corrected chi connectivity index (χ0v) is 13.1. The van der Waals surface area contributed by atoms with Crippen LogP contribution in [-0.2, 0) is 6.54 Å². The van der Waals surface area contributed by atoms with Gasteiger partial charge in [0.25, 0.3) is 0 Å². The molecular formula is C18H18N2S. The maximum absolute atomic E-state index is 4.33. The molecule has 1 N–H and O–H groups in total. The molecule has 0 aliphatic rings. The molecule has 21 heavy (non-hydrogen) atoms. The first-order chi connectivity index (χ1) is 10.2. The molecule has 3 aromatic rings. The fraction of sp³-hybridized carbons (Fsp3) is 0.167. The highest BCUT2D eigenvalue weighted by Gasteiger charge is 2.02. The normalized spacial score (nSPS) is 10.6. The third kappa shape index (κ3) is 3.31. The number of aromatic nitrogens is 1. The van der Waals surface area contributed by atoms with Crippen molar-refractivity contribution in [2.45, 2.75) is 20.4 Å². The lowest BCUT2D eigenvalue weighted by Crippen LogP contribution is -2.01. The predicted molar refractivity (Wildman–Crippen MR) is 90.8 cm³/mol. The fourth-order valence-corrected chi connectivity index (χ4v) is 2.93. The second-order valence-corrected chi connectivity index (χ2v) is 6.09. The van der Waals surface area contributed by atoms with Crippen LogP contribution in [0.15, 0.2) is 54.0 Å². The van der Waals surface area contributed by atoms with Crippen molar-refractivity contribution < 1.29 is 0 Å². The summed E-state index contributed by atoms with van der Waals surface area (Å²) in [5.74, 6) is 0. The Labute approximate surface area is 129 Å². The minimum absolute atomic E-state index is 0.851. The first kappa shape index (κ1) is 13.8. The highest BCUT2D eigenvalue weighted by atomic mass is 32.1. The molecule has 0 bridgehead atoms. The Hall–Kier alpha value is -2.13. The van der Waals surface area contributed by atoms with E-state index in [0.29, 0.717) is 0 Å². The minimum atomic E-state index is 0.851. The Kier molecular flexibility index (Phi) is 4.02. The van der Waals surface area contributed by atoms with Gasteiger partial charge in [-0.1, -0.05) is 23.8 Å². The van der Waals surface area contributed by atoms with Crippen LogP contribution in [0.5, 0.6) is 0 Å². The molecule has 2 nitrogen and oxygen atoms in total. The molecule has 0 amide bonds. The van der Waals surface area contributed by atoms with Crippen molar-refractivity contribution >= 4 is 17.0 Å². The molecule has 0 fully saturated rings. The van der Waals surface area contributed by atoms with Crippen molar-refractivity contribution in [3.05, 3.63) is 70.7 Å². The largest absolute Gasteiger partial charge is 0.381 e. The molecule has 2 aromatic carbocycles. The molecule has 0 saturated heterocycles. The summed E-state index contributed by atoms with van der Waals surface area (Å²) in [5.41, 5.74) is 6.28. The lowest BCUT2D eigenvalue weighted by atomic mass is 10.1. The summed E-state index contributed by atoms with van der Waals surface area (Å²) in [5, 5.41) is 6.55. The summed E-state index contributed by atoms with van der Waals surface area (Å²) in [7, 11) is 0. The van der Waals surface area contributed by atoms with E-state index in [9.17, 15) is 0 Å². The van der Waals surface area contributed by atoms with Gasteiger partial charge in [-0.05, 0) is 49.2 Å². The number of hydrogen-bond donors (Lipinski definition) is 1. The summed E-state index contributed by atoms with van der Waals surface area (Å²) in [6.07, 6.45) is 1.84. The molecule has 1 aromatic heterocycles. The number of anilines is 1. The Bertz CT molecular complexity index is 715. The van der Waals surface area contributed by atoms with E-state index in [1.165, 1.54) is 22.3 Å². The number of hydrogen-bond acceptors (Lipinski definition) is 3. The average molecular weight is 294 g/mol. The Morgan fingerprint density at radius 3 is 2.57 bits per heavy atom.